The van der Waals surface area contributed by atoms with Crippen molar-refractivity contribution in [2.75, 3.05) is 13.1 Å². The Morgan fingerprint density at radius 1 is 1.59 bits per heavy atom. The van der Waals surface area contributed by atoms with Crippen LogP contribution in [0.3, 0.4) is 0 Å². The number of hydrogen-bond acceptors (Lipinski definition) is 3. The predicted molar refractivity (Wildman–Crippen MR) is 71.3 cm³/mol. The van der Waals surface area contributed by atoms with E-state index in [2.05, 4.69) is 15.9 Å². The lowest BCUT2D eigenvalue weighted by Crippen LogP contribution is -2.42. The number of ketones is 1. The van der Waals surface area contributed by atoms with Crippen molar-refractivity contribution in [2.45, 2.75) is 19.8 Å². The predicted octanol–water partition coefficient (Wildman–Crippen LogP) is 2.95. The molecule has 0 N–H and O–H groups in total. The van der Waals surface area contributed by atoms with Gasteiger partial charge in [0, 0.05) is 12.5 Å². The average Bonchev–Trinajstić information content (AvgIpc) is 2.72. The summed E-state index contributed by atoms with van der Waals surface area (Å²) in [6.07, 6.45) is 1.93. The molecule has 1 aromatic rings. The highest BCUT2D eigenvalue weighted by Crippen LogP contribution is 2.23. The Balaban J connectivity index is 2.01. The van der Waals surface area contributed by atoms with Crippen molar-refractivity contribution in [3.8, 4) is 0 Å². The van der Waals surface area contributed by atoms with Crippen molar-refractivity contribution in [2.24, 2.45) is 5.92 Å². The normalized spacial score (nSPS) is 20.7. The number of carbonyl (C=O) groups excluding carboxylic acids is 2. The van der Waals surface area contributed by atoms with E-state index in [0.717, 1.165) is 16.6 Å². The molecule has 1 amide bonds. The van der Waals surface area contributed by atoms with E-state index in [4.69, 9.17) is 0 Å². The Morgan fingerprint density at radius 3 is 3.00 bits per heavy atom. The zero-order chi connectivity index (χ0) is 12.4. The summed E-state index contributed by atoms with van der Waals surface area (Å²) in [5.74, 6) is 0.204. The smallest absolute Gasteiger partial charge is 0.225 e. The first kappa shape index (κ1) is 12.8. The van der Waals surface area contributed by atoms with Gasteiger partial charge >= 0.3 is 0 Å². The van der Waals surface area contributed by atoms with Gasteiger partial charge in [0.2, 0.25) is 5.91 Å². The molecule has 1 aliphatic heterocycles. The van der Waals surface area contributed by atoms with Crippen LogP contribution in [0.15, 0.2) is 15.9 Å². The van der Waals surface area contributed by atoms with Crippen molar-refractivity contribution in [3.05, 3.63) is 20.8 Å². The van der Waals surface area contributed by atoms with Gasteiger partial charge < -0.3 is 4.90 Å². The first-order valence-corrected chi connectivity index (χ1v) is 7.26. The van der Waals surface area contributed by atoms with Gasteiger partial charge in [-0.1, -0.05) is 6.92 Å². The van der Waals surface area contributed by atoms with E-state index in [1.54, 1.807) is 11.0 Å². The lowest BCUT2D eigenvalue weighted by atomic mass is 9.99. The third-order valence-corrected chi connectivity index (χ3v) is 4.65. The van der Waals surface area contributed by atoms with Gasteiger partial charge in [0.25, 0.3) is 0 Å². The maximum absolute atomic E-state index is 12.0. The summed E-state index contributed by atoms with van der Waals surface area (Å²) in [7, 11) is 0. The SMILES string of the molecule is CC1CCCN(CC(=O)c2ccc(Br)s2)C1=O. The molecular weight excluding hydrogens is 302 g/mol. The minimum absolute atomic E-state index is 0.0307. The van der Waals surface area contributed by atoms with E-state index in [0.29, 0.717) is 11.4 Å². The number of amides is 1. The van der Waals surface area contributed by atoms with Crippen LogP contribution in [-0.2, 0) is 4.79 Å². The third-order valence-electron chi connectivity index (χ3n) is 2.98. The third kappa shape index (κ3) is 2.96. The molecule has 1 aliphatic rings. The maximum atomic E-state index is 12.0. The Morgan fingerprint density at radius 2 is 2.35 bits per heavy atom. The Bertz CT molecular complexity index is 443. The quantitative estimate of drug-likeness (QED) is 0.804. The van der Waals surface area contributed by atoms with Crippen LogP contribution in [0.1, 0.15) is 29.4 Å². The Labute approximate surface area is 113 Å². The second kappa shape index (κ2) is 5.31. The number of Topliss-reactive ketones (excluding diaryl/α,β-unsaturated/α-hetero) is 1. The molecule has 17 heavy (non-hydrogen) atoms. The van der Waals surface area contributed by atoms with E-state index >= 15 is 0 Å². The standard InChI is InChI=1S/C12H14BrNO2S/c1-8-3-2-6-14(12(8)16)7-9(15)10-4-5-11(13)17-10/h4-5,8H,2-3,6-7H2,1H3. The van der Waals surface area contributed by atoms with Gasteiger partial charge in [0.05, 0.1) is 15.2 Å². The van der Waals surface area contributed by atoms with Gasteiger partial charge in [-0.2, -0.15) is 0 Å². The summed E-state index contributed by atoms with van der Waals surface area (Å²) in [5.41, 5.74) is 0. The molecule has 1 fully saturated rings. The number of carbonyl (C=O) groups is 2. The molecule has 0 spiro atoms. The van der Waals surface area contributed by atoms with Crippen LogP contribution in [0.25, 0.3) is 0 Å². The van der Waals surface area contributed by atoms with Gasteiger partial charge in [-0.15, -0.1) is 11.3 Å². The summed E-state index contributed by atoms with van der Waals surface area (Å²) in [6.45, 7) is 2.86. The molecule has 0 bridgehead atoms. The number of likely N-dealkylation sites (tertiary alicyclic amines) is 1. The first-order chi connectivity index (χ1) is 8.08. The minimum atomic E-state index is 0.0307. The molecule has 0 radical (unpaired) electrons. The van der Waals surface area contributed by atoms with Crippen LogP contribution in [0.4, 0.5) is 0 Å². The highest BCUT2D eigenvalue weighted by Gasteiger charge is 2.27. The molecule has 1 aromatic heterocycles. The number of halogens is 1. The molecule has 1 atom stereocenters. The second-order valence-electron chi connectivity index (χ2n) is 4.33. The summed E-state index contributed by atoms with van der Waals surface area (Å²) in [4.78, 5) is 26.2. The molecule has 3 nitrogen and oxygen atoms in total. The molecule has 92 valence electrons. The highest BCUT2D eigenvalue weighted by molar-refractivity contribution is 9.11. The fraction of sp³-hybridized carbons (Fsp3) is 0.500. The number of hydrogen-bond donors (Lipinski definition) is 0. The Hall–Kier alpha value is -0.680. The largest absolute Gasteiger partial charge is 0.335 e. The molecule has 0 aromatic carbocycles. The van der Waals surface area contributed by atoms with Crippen LogP contribution in [0.5, 0.6) is 0 Å². The maximum Gasteiger partial charge on any atom is 0.225 e. The van der Waals surface area contributed by atoms with Gasteiger partial charge in [0.15, 0.2) is 5.78 Å². The van der Waals surface area contributed by atoms with Gasteiger partial charge in [-0.3, -0.25) is 9.59 Å². The topological polar surface area (TPSA) is 37.4 Å². The number of piperidine rings is 1. The molecule has 0 aliphatic carbocycles. The van der Waals surface area contributed by atoms with Crippen molar-refractivity contribution < 1.29 is 9.59 Å². The number of thiophene rings is 1. The number of rotatable bonds is 3. The number of nitrogens with zero attached hydrogens (tertiary/aromatic N) is 1. The van der Waals surface area contributed by atoms with E-state index in [1.807, 2.05) is 13.0 Å². The fourth-order valence-electron chi connectivity index (χ4n) is 2.01. The zero-order valence-corrected chi connectivity index (χ0v) is 12.0. The van der Waals surface area contributed by atoms with Crippen molar-refractivity contribution in [3.63, 3.8) is 0 Å². The molecular formula is C12H14BrNO2S. The summed E-state index contributed by atoms with van der Waals surface area (Å²) in [5, 5.41) is 0. The monoisotopic (exact) mass is 315 g/mol. The molecule has 0 saturated carbocycles. The van der Waals surface area contributed by atoms with E-state index in [-0.39, 0.29) is 24.2 Å². The summed E-state index contributed by atoms with van der Waals surface area (Å²) >= 11 is 4.75. The van der Waals surface area contributed by atoms with Crippen LogP contribution < -0.4 is 0 Å². The van der Waals surface area contributed by atoms with Crippen LogP contribution in [-0.4, -0.2) is 29.7 Å². The van der Waals surface area contributed by atoms with Crippen molar-refractivity contribution >= 4 is 39.0 Å². The molecule has 1 saturated heterocycles. The van der Waals surface area contributed by atoms with E-state index in [1.165, 1.54) is 11.3 Å². The minimum Gasteiger partial charge on any atom is -0.335 e. The lowest BCUT2D eigenvalue weighted by molar-refractivity contribution is -0.137. The molecule has 5 heteroatoms. The van der Waals surface area contributed by atoms with Gasteiger partial charge in [0.1, 0.15) is 0 Å². The molecule has 1 unspecified atom stereocenters. The summed E-state index contributed by atoms with van der Waals surface area (Å²) in [6, 6.07) is 3.66. The van der Waals surface area contributed by atoms with E-state index in [9.17, 15) is 9.59 Å². The average molecular weight is 316 g/mol. The van der Waals surface area contributed by atoms with Crippen LogP contribution in [0, 0.1) is 5.92 Å². The first-order valence-electron chi connectivity index (χ1n) is 5.65. The van der Waals surface area contributed by atoms with Crippen molar-refractivity contribution in [1.82, 2.24) is 4.90 Å². The van der Waals surface area contributed by atoms with Gasteiger partial charge in [-0.25, -0.2) is 0 Å². The van der Waals surface area contributed by atoms with Crippen LogP contribution >= 0.6 is 27.3 Å². The van der Waals surface area contributed by atoms with E-state index < -0.39 is 0 Å². The van der Waals surface area contributed by atoms with Crippen LogP contribution in [0.2, 0.25) is 0 Å². The van der Waals surface area contributed by atoms with Crippen molar-refractivity contribution in [1.29, 1.82) is 0 Å². The second-order valence-corrected chi connectivity index (χ2v) is 6.79. The lowest BCUT2D eigenvalue weighted by Gasteiger charge is -2.29. The molecule has 2 rings (SSSR count). The van der Waals surface area contributed by atoms with Gasteiger partial charge in [-0.05, 0) is 40.9 Å². The molecule has 2 heterocycles. The highest BCUT2D eigenvalue weighted by atomic mass is 79.9. The Kier molecular flexibility index (Phi) is 3.99. The fourth-order valence-corrected chi connectivity index (χ4v) is 3.32. The summed E-state index contributed by atoms with van der Waals surface area (Å²) < 4.78 is 0.944. The zero-order valence-electron chi connectivity index (χ0n) is 9.61.